The van der Waals surface area contributed by atoms with Crippen molar-refractivity contribution in [3.05, 3.63) is 64.2 Å². The maximum absolute atomic E-state index is 10.6. The minimum absolute atomic E-state index is 0.0394. The molecule has 0 unspecified atom stereocenters. The Balaban J connectivity index is 0.000000154. The SMILES string of the molecule is NC(=O)c1cccc(Cl)c1O.c1ccc2c(c1)CCCC2. The molecule has 2 aromatic rings. The Morgan fingerprint density at radius 1 is 1.00 bits per heavy atom. The van der Waals surface area contributed by atoms with Gasteiger partial charge in [0.1, 0.15) is 5.75 Å². The van der Waals surface area contributed by atoms with Gasteiger partial charge in [-0.25, -0.2) is 0 Å². The van der Waals surface area contributed by atoms with Gasteiger partial charge in [-0.3, -0.25) is 4.79 Å². The van der Waals surface area contributed by atoms with Crippen LogP contribution in [0, 0.1) is 0 Å². The third-order valence-electron chi connectivity index (χ3n) is 3.51. The number of hydrogen-bond donors (Lipinski definition) is 2. The summed E-state index contributed by atoms with van der Waals surface area (Å²) in [6.07, 6.45) is 5.38. The summed E-state index contributed by atoms with van der Waals surface area (Å²) in [6.45, 7) is 0. The van der Waals surface area contributed by atoms with Gasteiger partial charge in [0.2, 0.25) is 0 Å². The van der Waals surface area contributed by atoms with Gasteiger partial charge in [0.15, 0.2) is 0 Å². The summed E-state index contributed by atoms with van der Waals surface area (Å²) in [4.78, 5) is 10.6. The van der Waals surface area contributed by atoms with Crippen molar-refractivity contribution in [2.45, 2.75) is 25.7 Å². The van der Waals surface area contributed by atoms with Crippen molar-refractivity contribution >= 4 is 17.5 Å². The monoisotopic (exact) mass is 303 g/mol. The standard InChI is InChI=1S/C10H12.C7H6ClNO2/c1-2-6-10-8-4-3-7-9(10)5-1;8-5-3-1-2-4(6(5)10)7(9)11/h1-2,5-6H,3-4,7-8H2;1-3,10H,(H2,9,11). The molecule has 0 heterocycles. The third-order valence-corrected chi connectivity index (χ3v) is 3.82. The van der Waals surface area contributed by atoms with Crippen LogP contribution in [0.4, 0.5) is 0 Å². The van der Waals surface area contributed by atoms with E-state index in [1.54, 1.807) is 17.2 Å². The van der Waals surface area contributed by atoms with Crippen molar-refractivity contribution < 1.29 is 9.90 Å². The minimum atomic E-state index is -0.690. The highest BCUT2D eigenvalue weighted by Gasteiger charge is 2.08. The van der Waals surface area contributed by atoms with Crippen LogP contribution in [0.15, 0.2) is 42.5 Å². The van der Waals surface area contributed by atoms with Gasteiger partial charge in [0, 0.05) is 0 Å². The average molecular weight is 304 g/mol. The molecule has 0 radical (unpaired) electrons. The second-order valence-electron chi connectivity index (χ2n) is 4.98. The molecule has 3 nitrogen and oxygen atoms in total. The van der Waals surface area contributed by atoms with E-state index in [2.05, 4.69) is 24.3 Å². The number of aromatic hydroxyl groups is 1. The zero-order valence-electron chi connectivity index (χ0n) is 11.7. The molecule has 1 aliphatic carbocycles. The van der Waals surface area contributed by atoms with E-state index in [4.69, 9.17) is 22.4 Å². The van der Waals surface area contributed by atoms with E-state index in [-0.39, 0.29) is 16.3 Å². The summed E-state index contributed by atoms with van der Waals surface area (Å²) in [7, 11) is 0. The number of nitrogens with two attached hydrogens (primary N) is 1. The highest BCUT2D eigenvalue weighted by atomic mass is 35.5. The number of fused-ring (bicyclic) bond motifs is 1. The first-order chi connectivity index (χ1) is 10.1. The lowest BCUT2D eigenvalue weighted by molar-refractivity contribution is 0.0998. The van der Waals surface area contributed by atoms with E-state index in [0.717, 1.165) is 0 Å². The lowest BCUT2D eigenvalue weighted by Crippen LogP contribution is -2.10. The highest BCUT2D eigenvalue weighted by molar-refractivity contribution is 6.32. The van der Waals surface area contributed by atoms with Crippen LogP contribution < -0.4 is 5.73 Å². The molecule has 21 heavy (non-hydrogen) atoms. The van der Waals surface area contributed by atoms with Crippen molar-refractivity contribution in [2.24, 2.45) is 5.73 Å². The van der Waals surface area contributed by atoms with Crippen LogP contribution in [0.5, 0.6) is 5.75 Å². The van der Waals surface area contributed by atoms with Gasteiger partial charge in [0.25, 0.3) is 5.91 Å². The van der Waals surface area contributed by atoms with E-state index >= 15 is 0 Å². The van der Waals surface area contributed by atoms with Crippen LogP contribution in [0.2, 0.25) is 5.02 Å². The molecule has 1 aliphatic rings. The number of hydrogen-bond acceptors (Lipinski definition) is 2. The highest BCUT2D eigenvalue weighted by Crippen LogP contribution is 2.26. The predicted molar refractivity (Wildman–Crippen MR) is 84.7 cm³/mol. The number of benzene rings is 2. The average Bonchev–Trinajstić information content (AvgIpc) is 2.50. The smallest absolute Gasteiger partial charge is 0.252 e. The minimum Gasteiger partial charge on any atom is -0.506 e. The number of amides is 1. The van der Waals surface area contributed by atoms with Crippen LogP contribution in [-0.2, 0) is 12.8 Å². The third kappa shape index (κ3) is 3.99. The Kier molecular flexibility index (Phi) is 5.23. The number of carbonyl (C=O) groups is 1. The molecule has 0 saturated heterocycles. The Morgan fingerprint density at radius 2 is 1.57 bits per heavy atom. The molecule has 110 valence electrons. The number of halogens is 1. The molecule has 0 atom stereocenters. The quantitative estimate of drug-likeness (QED) is 0.843. The molecule has 4 heteroatoms. The van der Waals surface area contributed by atoms with Gasteiger partial charge in [-0.1, -0.05) is 41.9 Å². The molecule has 0 aromatic heterocycles. The normalized spacial score (nSPS) is 12.8. The van der Waals surface area contributed by atoms with Gasteiger partial charge in [0.05, 0.1) is 10.6 Å². The summed E-state index contributed by atoms with van der Waals surface area (Å²) < 4.78 is 0. The van der Waals surface area contributed by atoms with E-state index < -0.39 is 5.91 Å². The second kappa shape index (κ2) is 7.14. The summed E-state index contributed by atoms with van der Waals surface area (Å²) in [6, 6.07) is 13.2. The van der Waals surface area contributed by atoms with Gasteiger partial charge >= 0.3 is 0 Å². The zero-order valence-corrected chi connectivity index (χ0v) is 12.4. The first kappa shape index (κ1) is 15.4. The Morgan fingerprint density at radius 3 is 2.05 bits per heavy atom. The number of aryl methyl sites for hydroxylation is 2. The molecule has 1 amide bonds. The molecule has 0 aliphatic heterocycles. The largest absolute Gasteiger partial charge is 0.506 e. The predicted octanol–water partition coefficient (Wildman–Crippen LogP) is 3.71. The van der Waals surface area contributed by atoms with Crippen molar-refractivity contribution in [3.63, 3.8) is 0 Å². The van der Waals surface area contributed by atoms with Crippen molar-refractivity contribution in [3.8, 4) is 5.75 Å². The van der Waals surface area contributed by atoms with E-state index in [9.17, 15) is 4.79 Å². The Labute approximate surface area is 129 Å². The lowest BCUT2D eigenvalue weighted by atomic mass is 9.92. The van der Waals surface area contributed by atoms with Gasteiger partial charge in [-0.2, -0.15) is 0 Å². The molecule has 0 bridgehead atoms. The number of carbonyl (C=O) groups excluding carboxylic acids is 1. The molecule has 0 spiro atoms. The van der Waals surface area contributed by atoms with Crippen molar-refractivity contribution in [2.75, 3.05) is 0 Å². The molecule has 3 rings (SSSR count). The molecular weight excluding hydrogens is 286 g/mol. The fraction of sp³-hybridized carbons (Fsp3) is 0.235. The summed E-state index contributed by atoms with van der Waals surface area (Å²) in [5.74, 6) is -0.952. The maximum Gasteiger partial charge on any atom is 0.252 e. The fourth-order valence-corrected chi connectivity index (χ4v) is 2.56. The molecule has 0 saturated carbocycles. The van der Waals surface area contributed by atoms with Crippen molar-refractivity contribution in [1.82, 2.24) is 0 Å². The first-order valence-corrected chi connectivity index (χ1v) is 7.31. The maximum atomic E-state index is 10.6. The van der Waals surface area contributed by atoms with E-state index in [1.165, 1.54) is 37.8 Å². The van der Waals surface area contributed by atoms with Gasteiger partial charge in [-0.15, -0.1) is 0 Å². The van der Waals surface area contributed by atoms with Crippen LogP contribution in [-0.4, -0.2) is 11.0 Å². The Bertz CT molecular complexity index is 615. The van der Waals surface area contributed by atoms with E-state index in [0.29, 0.717) is 0 Å². The second-order valence-corrected chi connectivity index (χ2v) is 5.38. The lowest BCUT2D eigenvalue weighted by Gasteiger charge is -2.13. The van der Waals surface area contributed by atoms with Gasteiger partial charge < -0.3 is 10.8 Å². The van der Waals surface area contributed by atoms with Gasteiger partial charge in [-0.05, 0) is 48.9 Å². The number of para-hydroxylation sites is 1. The van der Waals surface area contributed by atoms with Crippen LogP contribution in [0.1, 0.15) is 34.3 Å². The van der Waals surface area contributed by atoms with Crippen LogP contribution in [0.25, 0.3) is 0 Å². The number of primary amides is 1. The van der Waals surface area contributed by atoms with E-state index in [1.807, 2.05) is 0 Å². The molecule has 2 aromatic carbocycles. The number of rotatable bonds is 1. The number of phenols is 1. The molecule has 3 N–H and O–H groups in total. The summed E-state index contributed by atoms with van der Waals surface area (Å²) in [5, 5.41) is 9.26. The Hall–Kier alpha value is -2.00. The van der Waals surface area contributed by atoms with Crippen LogP contribution >= 0.6 is 11.6 Å². The zero-order chi connectivity index (χ0) is 15.2. The molecule has 0 fully saturated rings. The topological polar surface area (TPSA) is 63.3 Å². The molecular formula is C17H18ClNO2. The summed E-state index contributed by atoms with van der Waals surface area (Å²) in [5.41, 5.74) is 8.12. The first-order valence-electron chi connectivity index (χ1n) is 6.93. The van der Waals surface area contributed by atoms with Crippen LogP contribution in [0.3, 0.4) is 0 Å². The summed E-state index contributed by atoms with van der Waals surface area (Å²) >= 11 is 5.50. The van der Waals surface area contributed by atoms with Crippen molar-refractivity contribution in [1.29, 1.82) is 0 Å². The fourth-order valence-electron chi connectivity index (χ4n) is 2.39.